The van der Waals surface area contributed by atoms with Gasteiger partial charge in [0.2, 0.25) is 5.91 Å². The summed E-state index contributed by atoms with van der Waals surface area (Å²) in [5, 5.41) is 6.72. The van der Waals surface area contributed by atoms with Crippen molar-refractivity contribution in [2.24, 2.45) is 0 Å². The van der Waals surface area contributed by atoms with Gasteiger partial charge in [-0.05, 0) is 53.8 Å². The minimum atomic E-state index is -4.36. The van der Waals surface area contributed by atoms with E-state index in [2.05, 4.69) is 10.6 Å². The van der Waals surface area contributed by atoms with E-state index in [9.17, 15) is 18.0 Å². The Bertz CT molecular complexity index is 1010. The van der Waals surface area contributed by atoms with Gasteiger partial charge in [-0.3, -0.25) is 10.1 Å². The molecule has 0 aliphatic carbocycles. The van der Waals surface area contributed by atoms with E-state index in [1.165, 1.54) is 12.1 Å². The van der Waals surface area contributed by atoms with Crippen molar-refractivity contribution in [2.45, 2.75) is 31.1 Å². The molecule has 0 heterocycles. The second-order valence-corrected chi connectivity index (χ2v) is 7.90. The predicted molar refractivity (Wildman–Crippen MR) is 120 cm³/mol. The van der Waals surface area contributed by atoms with Gasteiger partial charge in [-0.15, -0.1) is 0 Å². The van der Waals surface area contributed by atoms with Gasteiger partial charge in [-0.2, -0.15) is 13.2 Å². The van der Waals surface area contributed by atoms with E-state index in [0.717, 1.165) is 28.8 Å². The molecule has 2 N–H and O–H groups in total. The molecule has 0 aliphatic rings. The number of alkyl halides is 3. The van der Waals surface area contributed by atoms with Gasteiger partial charge < -0.3 is 5.32 Å². The second-order valence-electron chi connectivity index (χ2n) is 7.46. The number of hydrogen-bond donors (Lipinski definition) is 2. The first-order valence-electron chi connectivity index (χ1n) is 10.2. The first-order valence-corrected chi connectivity index (χ1v) is 10.6. The standard InChI is InChI=1S/C25H24ClF3N2O/c1-30-24(32)23(19-5-3-2-4-6-19)31-22(18-10-14-21(26)15-11-18)16-9-17-7-12-20(13-8-17)25(27,28)29/h2-8,10-15,22-23,31H,9,16H2,1H3,(H,30,32)/t22-,23+/m1/s1. The molecule has 0 fully saturated rings. The second kappa shape index (κ2) is 10.7. The lowest BCUT2D eigenvalue weighted by Gasteiger charge is -2.26. The number of nitrogens with one attached hydrogen (secondary N) is 2. The molecule has 3 nitrogen and oxygen atoms in total. The Labute approximate surface area is 190 Å². The van der Waals surface area contributed by atoms with E-state index in [-0.39, 0.29) is 11.9 Å². The molecule has 3 aromatic rings. The molecule has 2 atom stereocenters. The molecule has 0 unspecified atom stereocenters. The molecule has 32 heavy (non-hydrogen) atoms. The Morgan fingerprint density at radius 1 is 0.906 bits per heavy atom. The van der Waals surface area contributed by atoms with E-state index in [1.54, 1.807) is 19.2 Å². The Hall–Kier alpha value is -2.83. The number of carbonyl (C=O) groups excluding carboxylic acids is 1. The van der Waals surface area contributed by atoms with Crippen LogP contribution in [0.4, 0.5) is 13.2 Å². The Balaban J connectivity index is 1.83. The molecule has 168 valence electrons. The van der Waals surface area contributed by atoms with Gasteiger partial charge in [-0.1, -0.05) is 66.2 Å². The fourth-order valence-corrected chi connectivity index (χ4v) is 3.65. The third-order valence-electron chi connectivity index (χ3n) is 5.28. The van der Waals surface area contributed by atoms with Gasteiger partial charge in [0.05, 0.1) is 5.56 Å². The predicted octanol–water partition coefficient (Wildman–Crippen LogP) is 6.11. The van der Waals surface area contributed by atoms with E-state index in [1.807, 2.05) is 42.5 Å². The van der Waals surface area contributed by atoms with Crippen LogP contribution in [0.3, 0.4) is 0 Å². The molecule has 3 aromatic carbocycles. The first kappa shape index (κ1) is 23.8. The fourth-order valence-electron chi connectivity index (χ4n) is 3.53. The molecule has 0 aromatic heterocycles. The monoisotopic (exact) mass is 460 g/mol. The fraction of sp³-hybridized carbons (Fsp3) is 0.240. The summed E-state index contributed by atoms with van der Waals surface area (Å²) in [6.45, 7) is 0. The SMILES string of the molecule is CNC(=O)[C@@H](N[C@H](CCc1ccc(C(F)(F)F)cc1)c1ccc(Cl)cc1)c1ccccc1. The highest BCUT2D eigenvalue weighted by Crippen LogP contribution is 2.30. The summed E-state index contributed by atoms with van der Waals surface area (Å²) in [4.78, 5) is 12.6. The highest BCUT2D eigenvalue weighted by molar-refractivity contribution is 6.30. The Morgan fingerprint density at radius 2 is 1.53 bits per heavy atom. The number of halogens is 4. The van der Waals surface area contributed by atoms with Crippen molar-refractivity contribution >= 4 is 17.5 Å². The van der Waals surface area contributed by atoms with Crippen molar-refractivity contribution in [2.75, 3.05) is 7.05 Å². The molecule has 0 radical (unpaired) electrons. The van der Waals surface area contributed by atoms with E-state index in [4.69, 9.17) is 11.6 Å². The maximum atomic E-state index is 12.8. The number of carbonyl (C=O) groups is 1. The highest BCUT2D eigenvalue weighted by atomic mass is 35.5. The van der Waals surface area contributed by atoms with E-state index >= 15 is 0 Å². The normalized spacial score (nSPS) is 13.4. The van der Waals surface area contributed by atoms with Crippen LogP contribution in [0.2, 0.25) is 5.02 Å². The van der Waals surface area contributed by atoms with Gasteiger partial charge in [0, 0.05) is 18.1 Å². The van der Waals surface area contributed by atoms with Crippen molar-refractivity contribution in [1.82, 2.24) is 10.6 Å². The van der Waals surface area contributed by atoms with Gasteiger partial charge in [0.25, 0.3) is 0 Å². The largest absolute Gasteiger partial charge is 0.416 e. The summed E-state index contributed by atoms with van der Waals surface area (Å²) < 4.78 is 38.5. The summed E-state index contributed by atoms with van der Waals surface area (Å²) in [7, 11) is 1.58. The molecular formula is C25H24ClF3N2O. The van der Waals surface area contributed by atoms with Crippen LogP contribution in [-0.2, 0) is 17.4 Å². The van der Waals surface area contributed by atoms with Crippen LogP contribution in [0.5, 0.6) is 0 Å². The number of benzene rings is 3. The first-order chi connectivity index (χ1) is 15.3. The lowest BCUT2D eigenvalue weighted by atomic mass is 9.96. The Morgan fingerprint density at radius 3 is 2.09 bits per heavy atom. The molecule has 0 aliphatic heterocycles. The van der Waals surface area contributed by atoms with E-state index in [0.29, 0.717) is 17.9 Å². The zero-order chi connectivity index (χ0) is 23.1. The average Bonchev–Trinajstić information content (AvgIpc) is 2.80. The minimum absolute atomic E-state index is 0.176. The number of aryl methyl sites for hydroxylation is 1. The molecule has 1 amide bonds. The molecule has 7 heteroatoms. The van der Waals surface area contributed by atoms with Crippen LogP contribution >= 0.6 is 11.6 Å². The third-order valence-corrected chi connectivity index (χ3v) is 5.54. The minimum Gasteiger partial charge on any atom is -0.358 e. The van der Waals surface area contributed by atoms with Crippen molar-refractivity contribution in [3.63, 3.8) is 0 Å². The van der Waals surface area contributed by atoms with Crippen LogP contribution in [0.1, 0.15) is 40.8 Å². The molecule has 3 rings (SSSR count). The number of likely N-dealkylation sites (N-methyl/N-ethyl adjacent to an activating group) is 1. The van der Waals surface area contributed by atoms with Gasteiger partial charge in [0.15, 0.2) is 0 Å². The maximum Gasteiger partial charge on any atom is 0.416 e. The van der Waals surface area contributed by atoms with Crippen LogP contribution in [0.15, 0.2) is 78.9 Å². The summed E-state index contributed by atoms with van der Waals surface area (Å²) in [5.41, 5.74) is 1.87. The third kappa shape index (κ3) is 6.34. The summed E-state index contributed by atoms with van der Waals surface area (Å²) in [5.74, 6) is -0.176. The zero-order valence-corrected chi connectivity index (χ0v) is 18.3. The lowest BCUT2D eigenvalue weighted by molar-refractivity contribution is -0.137. The van der Waals surface area contributed by atoms with Crippen molar-refractivity contribution in [3.05, 3.63) is 106 Å². The molecule has 0 spiro atoms. The molecule has 0 saturated heterocycles. The Kier molecular flexibility index (Phi) is 7.94. The highest BCUT2D eigenvalue weighted by Gasteiger charge is 2.30. The van der Waals surface area contributed by atoms with Crippen LogP contribution in [0.25, 0.3) is 0 Å². The van der Waals surface area contributed by atoms with Crippen LogP contribution in [-0.4, -0.2) is 13.0 Å². The zero-order valence-electron chi connectivity index (χ0n) is 17.5. The topological polar surface area (TPSA) is 41.1 Å². The van der Waals surface area contributed by atoms with Crippen LogP contribution in [0, 0.1) is 0 Å². The average molecular weight is 461 g/mol. The quantitative estimate of drug-likeness (QED) is 0.426. The van der Waals surface area contributed by atoms with Crippen molar-refractivity contribution in [1.29, 1.82) is 0 Å². The van der Waals surface area contributed by atoms with Gasteiger partial charge in [-0.25, -0.2) is 0 Å². The number of hydrogen-bond acceptors (Lipinski definition) is 2. The molecule has 0 saturated carbocycles. The summed E-state index contributed by atoms with van der Waals surface area (Å²) in [6.07, 6.45) is -3.25. The summed E-state index contributed by atoms with van der Waals surface area (Å²) >= 11 is 6.04. The lowest BCUT2D eigenvalue weighted by Crippen LogP contribution is -2.38. The van der Waals surface area contributed by atoms with E-state index < -0.39 is 17.8 Å². The summed E-state index contributed by atoms with van der Waals surface area (Å²) in [6, 6.07) is 21.1. The molecular weight excluding hydrogens is 437 g/mol. The number of amides is 1. The smallest absolute Gasteiger partial charge is 0.358 e. The van der Waals surface area contributed by atoms with Gasteiger partial charge in [0.1, 0.15) is 6.04 Å². The molecule has 0 bridgehead atoms. The van der Waals surface area contributed by atoms with Crippen LogP contribution < -0.4 is 10.6 Å². The van der Waals surface area contributed by atoms with Crippen molar-refractivity contribution in [3.8, 4) is 0 Å². The number of rotatable bonds is 8. The van der Waals surface area contributed by atoms with Crippen molar-refractivity contribution < 1.29 is 18.0 Å². The maximum absolute atomic E-state index is 12.8. The van der Waals surface area contributed by atoms with Gasteiger partial charge >= 0.3 is 6.18 Å².